The van der Waals surface area contributed by atoms with Crippen LogP contribution in [-0.4, -0.2) is 23.0 Å². The Bertz CT molecular complexity index is 175. The summed E-state index contributed by atoms with van der Waals surface area (Å²) in [6.45, 7) is 0.928. The van der Waals surface area contributed by atoms with Crippen molar-refractivity contribution in [2.45, 2.75) is 19.0 Å². The molecule has 0 N–H and O–H groups in total. The minimum Gasteiger partial charge on any atom is -0.288 e. The molecule has 1 nitrogen and oxygen atoms in total. The van der Waals surface area contributed by atoms with Crippen LogP contribution in [0, 0.1) is 0 Å². The zero-order valence-corrected chi connectivity index (χ0v) is 6.73. The van der Waals surface area contributed by atoms with Gasteiger partial charge in [-0.25, -0.2) is 0 Å². The summed E-state index contributed by atoms with van der Waals surface area (Å²) in [5.74, 6) is -6.34. The van der Waals surface area contributed by atoms with Crippen molar-refractivity contribution in [2.24, 2.45) is 0 Å². The lowest BCUT2D eigenvalue weighted by Gasteiger charge is -2.17. The highest BCUT2D eigenvalue weighted by Gasteiger charge is 2.57. The van der Waals surface area contributed by atoms with Gasteiger partial charge in [-0.1, -0.05) is 11.8 Å². The van der Waals surface area contributed by atoms with Crippen LogP contribution in [0.5, 0.6) is 0 Å². The van der Waals surface area contributed by atoms with E-state index in [2.05, 4.69) is 0 Å². The third-order valence-electron chi connectivity index (χ3n) is 0.871. The topological polar surface area (TPSA) is 17.1 Å². The molecule has 0 aliphatic heterocycles. The van der Waals surface area contributed by atoms with E-state index in [1.165, 1.54) is 0 Å². The molecule has 0 aliphatic carbocycles. The number of thioether (sulfide) groups is 1. The first-order valence-corrected chi connectivity index (χ1v) is 3.73. The fraction of sp³-hybridized carbons (Fsp3) is 0.800. The van der Waals surface area contributed by atoms with Gasteiger partial charge in [0.1, 0.15) is 0 Å². The van der Waals surface area contributed by atoms with Gasteiger partial charge in [0.25, 0.3) is 0 Å². The Hall–Kier alpha value is -0.330. The van der Waals surface area contributed by atoms with E-state index in [4.69, 9.17) is 0 Å². The van der Waals surface area contributed by atoms with Crippen LogP contribution in [0.2, 0.25) is 0 Å². The van der Waals surface area contributed by atoms with Crippen LogP contribution < -0.4 is 0 Å². The molecule has 12 heavy (non-hydrogen) atoms. The van der Waals surface area contributed by atoms with Crippen LogP contribution >= 0.6 is 11.8 Å². The predicted octanol–water partition coefficient (Wildman–Crippen LogP) is 2.46. The van der Waals surface area contributed by atoms with Gasteiger partial charge in [-0.05, 0) is 0 Å². The molecule has 0 aromatic rings. The van der Waals surface area contributed by atoms with Crippen molar-refractivity contribution in [3.63, 3.8) is 0 Å². The minimum absolute atomic E-state index is 0.0438. The first kappa shape index (κ1) is 11.7. The highest BCUT2D eigenvalue weighted by atomic mass is 32.2. The molecular weight excluding hydrogens is 203 g/mol. The van der Waals surface area contributed by atoms with Crippen molar-refractivity contribution in [3.8, 4) is 0 Å². The number of rotatable bonds is 2. The van der Waals surface area contributed by atoms with Crippen molar-refractivity contribution in [1.82, 2.24) is 0 Å². The van der Waals surface area contributed by atoms with Crippen molar-refractivity contribution in [1.29, 1.82) is 0 Å². The molecule has 7 heteroatoms. The van der Waals surface area contributed by atoms with E-state index in [0.717, 1.165) is 6.92 Å². The molecule has 0 radical (unpaired) electrons. The standard InChI is InChI=1S/C5H5F5OS/c1-3(11)12-2-4(6,7)5(8,9)10/h2H2,1H3. The predicted molar refractivity (Wildman–Crippen MR) is 34.1 cm³/mol. The smallest absolute Gasteiger partial charge is 0.288 e. The molecule has 0 saturated carbocycles. The second-order valence-electron chi connectivity index (χ2n) is 1.98. The van der Waals surface area contributed by atoms with Gasteiger partial charge in [-0.15, -0.1) is 0 Å². The molecule has 0 unspecified atom stereocenters. The molecule has 0 bridgehead atoms. The first-order chi connectivity index (χ1) is 5.17. The van der Waals surface area contributed by atoms with Crippen LogP contribution in [0.4, 0.5) is 22.0 Å². The summed E-state index contributed by atoms with van der Waals surface area (Å²) in [5, 5.41) is -0.765. The molecule has 0 saturated heterocycles. The molecule has 0 spiro atoms. The average molecular weight is 208 g/mol. The van der Waals surface area contributed by atoms with Crippen LogP contribution in [0.3, 0.4) is 0 Å². The van der Waals surface area contributed by atoms with Gasteiger partial charge in [-0.2, -0.15) is 22.0 Å². The molecule has 0 amide bonds. The number of carbonyl (C=O) groups excluding carboxylic acids is 1. The van der Waals surface area contributed by atoms with Gasteiger partial charge in [0.2, 0.25) is 0 Å². The Morgan fingerprint density at radius 3 is 1.92 bits per heavy atom. The molecule has 0 aromatic carbocycles. The number of carbonyl (C=O) groups is 1. The summed E-state index contributed by atoms with van der Waals surface area (Å²) in [6.07, 6.45) is -5.57. The van der Waals surface area contributed by atoms with Crippen molar-refractivity contribution < 1.29 is 26.7 Å². The third kappa shape index (κ3) is 3.38. The Morgan fingerprint density at radius 2 is 1.67 bits per heavy atom. The third-order valence-corrected chi connectivity index (χ3v) is 1.78. The highest BCUT2D eigenvalue weighted by molar-refractivity contribution is 8.13. The molecule has 0 fully saturated rings. The summed E-state index contributed by atoms with van der Waals surface area (Å²) in [5.41, 5.74) is 0. The van der Waals surface area contributed by atoms with Crippen molar-refractivity contribution >= 4 is 16.9 Å². The van der Waals surface area contributed by atoms with Gasteiger partial charge in [-0.3, -0.25) is 4.79 Å². The average Bonchev–Trinajstić information content (AvgIpc) is 1.81. The molecule has 0 aromatic heterocycles. The largest absolute Gasteiger partial charge is 0.454 e. The maximum Gasteiger partial charge on any atom is 0.454 e. The normalized spacial score (nSPS) is 13.2. The monoisotopic (exact) mass is 208 g/mol. The number of hydrogen-bond donors (Lipinski definition) is 0. The van der Waals surface area contributed by atoms with Crippen molar-refractivity contribution in [3.05, 3.63) is 0 Å². The summed E-state index contributed by atoms with van der Waals surface area (Å²) < 4.78 is 58.2. The van der Waals surface area contributed by atoms with E-state index < -0.39 is 23.0 Å². The van der Waals surface area contributed by atoms with Crippen molar-refractivity contribution in [2.75, 3.05) is 5.75 Å². The van der Waals surface area contributed by atoms with Crippen LogP contribution in [-0.2, 0) is 4.79 Å². The van der Waals surface area contributed by atoms with E-state index in [9.17, 15) is 26.7 Å². The van der Waals surface area contributed by atoms with E-state index in [0.29, 0.717) is 0 Å². The van der Waals surface area contributed by atoms with Crippen LogP contribution in [0.25, 0.3) is 0 Å². The lowest BCUT2D eigenvalue weighted by Crippen LogP contribution is -2.38. The maximum atomic E-state index is 12.0. The summed E-state index contributed by atoms with van der Waals surface area (Å²) in [4.78, 5) is 10.1. The van der Waals surface area contributed by atoms with Crippen LogP contribution in [0.15, 0.2) is 0 Å². The van der Waals surface area contributed by atoms with Gasteiger partial charge in [0.05, 0.1) is 5.75 Å². The summed E-state index contributed by atoms with van der Waals surface area (Å²) in [7, 11) is 0. The minimum atomic E-state index is -5.57. The summed E-state index contributed by atoms with van der Waals surface area (Å²) in [6, 6.07) is 0. The molecule has 0 atom stereocenters. The Kier molecular flexibility index (Phi) is 3.49. The van der Waals surface area contributed by atoms with E-state index in [-0.39, 0.29) is 11.8 Å². The van der Waals surface area contributed by atoms with E-state index in [1.807, 2.05) is 0 Å². The molecular formula is C5H5F5OS. The van der Waals surface area contributed by atoms with Gasteiger partial charge in [0, 0.05) is 6.92 Å². The van der Waals surface area contributed by atoms with Gasteiger partial charge >= 0.3 is 12.1 Å². The zero-order valence-electron chi connectivity index (χ0n) is 5.91. The number of hydrogen-bond acceptors (Lipinski definition) is 2. The molecule has 0 heterocycles. The second kappa shape index (κ2) is 3.59. The fourth-order valence-corrected chi connectivity index (χ4v) is 0.822. The number of halogens is 5. The lowest BCUT2D eigenvalue weighted by molar-refractivity contribution is -0.271. The first-order valence-electron chi connectivity index (χ1n) is 2.75. The van der Waals surface area contributed by atoms with E-state index in [1.54, 1.807) is 0 Å². The quantitative estimate of drug-likeness (QED) is 0.648. The van der Waals surface area contributed by atoms with Gasteiger partial charge in [0.15, 0.2) is 5.12 Å². The Balaban J connectivity index is 4.14. The molecule has 0 rings (SSSR count). The molecule has 72 valence electrons. The summed E-state index contributed by atoms with van der Waals surface area (Å²) >= 11 is -0.0438. The molecule has 0 aliphatic rings. The fourth-order valence-electron chi connectivity index (χ4n) is 0.274. The Labute approximate surface area is 69.3 Å². The second-order valence-corrected chi connectivity index (χ2v) is 3.13. The maximum absolute atomic E-state index is 12.0. The lowest BCUT2D eigenvalue weighted by atomic mass is 10.4. The van der Waals surface area contributed by atoms with Gasteiger partial charge < -0.3 is 0 Å². The van der Waals surface area contributed by atoms with Crippen LogP contribution in [0.1, 0.15) is 6.92 Å². The van der Waals surface area contributed by atoms with E-state index >= 15 is 0 Å². The highest BCUT2D eigenvalue weighted by Crippen LogP contribution is 2.37. The SMILES string of the molecule is CC(=O)SCC(F)(F)C(F)(F)F. The Morgan fingerprint density at radius 1 is 1.25 bits per heavy atom. The zero-order chi connectivity index (χ0) is 9.99. The number of alkyl halides is 5.